The molecule has 0 aliphatic rings. The summed E-state index contributed by atoms with van der Waals surface area (Å²) in [6, 6.07) is 16.7. The first-order valence-electron chi connectivity index (χ1n) is 9.62. The van der Waals surface area contributed by atoms with Gasteiger partial charge in [-0.05, 0) is 17.5 Å². The molecule has 0 spiro atoms. The molecule has 2 aromatic carbocycles. The summed E-state index contributed by atoms with van der Waals surface area (Å²) in [4.78, 5) is 35.8. The average Bonchev–Trinajstić information content (AvgIpc) is 2.76. The molecule has 5 N–H and O–H groups in total. The van der Waals surface area contributed by atoms with Crippen molar-refractivity contribution in [2.24, 2.45) is 11.5 Å². The second kappa shape index (κ2) is 12.4. The first-order chi connectivity index (χ1) is 14.5. The second-order valence-corrected chi connectivity index (χ2v) is 6.76. The molecule has 0 saturated carbocycles. The number of nitrogens with two attached hydrogens (primary N) is 2. The Morgan fingerprint density at radius 1 is 0.900 bits per heavy atom. The highest BCUT2D eigenvalue weighted by atomic mass is 16.5. The number of nitrogens with one attached hydrogen (secondary N) is 1. The van der Waals surface area contributed by atoms with Gasteiger partial charge in [-0.2, -0.15) is 0 Å². The Balaban J connectivity index is 1.71. The summed E-state index contributed by atoms with van der Waals surface area (Å²) in [5.74, 6) is -1.82. The van der Waals surface area contributed by atoms with E-state index < -0.39 is 29.9 Å². The molecule has 30 heavy (non-hydrogen) atoms. The van der Waals surface area contributed by atoms with Gasteiger partial charge in [0.1, 0.15) is 18.7 Å². The number of rotatable bonds is 12. The Kier molecular flexibility index (Phi) is 9.50. The molecular weight excluding hydrogens is 386 g/mol. The summed E-state index contributed by atoms with van der Waals surface area (Å²) >= 11 is 0. The largest absolute Gasteiger partial charge is 0.461 e. The summed E-state index contributed by atoms with van der Waals surface area (Å²) in [6.45, 7) is 0.427. The normalized spacial score (nSPS) is 12.6. The summed E-state index contributed by atoms with van der Waals surface area (Å²) < 4.78 is 10.6. The van der Waals surface area contributed by atoms with Crippen LogP contribution in [0.2, 0.25) is 0 Å². The fourth-order valence-corrected chi connectivity index (χ4v) is 2.59. The van der Waals surface area contributed by atoms with E-state index in [1.54, 1.807) is 0 Å². The van der Waals surface area contributed by atoms with Crippen LogP contribution in [0, 0.1) is 0 Å². The van der Waals surface area contributed by atoms with Crippen LogP contribution in [0.4, 0.5) is 0 Å². The van der Waals surface area contributed by atoms with E-state index in [4.69, 9.17) is 20.9 Å². The number of primary amides is 1. The first kappa shape index (κ1) is 23.1. The number of hydrogen-bond acceptors (Lipinski definition) is 6. The molecule has 0 fully saturated rings. The summed E-state index contributed by atoms with van der Waals surface area (Å²) in [6.07, 6.45) is -0.0489. The zero-order chi connectivity index (χ0) is 21.8. The molecule has 0 aromatic heterocycles. The maximum absolute atomic E-state index is 12.2. The molecule has 0 radical (unpaired) electrons. The quantitative estimate of drug-likeness (QED) is 0.445. The van der Waals surface area contributed by atoms with Crippen molar-refractivity contribution in [3.63, 3.8) is 0 Å². The Morgan fingerprint density at radius 2 is 1.47 bits per heavy atom. The lowest BCUT2D eigenvalue weighted by Gasteiger charge is -2.18. The fraction of sp³-hybridized carbons (Fsp3) is 0.318. The molecule has 0 aliphatic heterocycles. The number of esters is 1. The van der Waals surface area contributed by atoms with Crippen LogP contribution in [-0.2, 0) is 37.1 Å². The Morgan fingerprint density at radius 3 is 2.03 bits per heavy atom. The van der Waals surface area contributed by atoms with Crippen molar-refractivity contribution in [2.75, 3.05) is 6.61 Å². The number of hydrogen-bond donors (Lipinski definition) is 3. The van der Waals surface area contributed by atoms with Gasteiger partial charge < -0.3 is 26.3 Å². The monoisotopic (exact) mass is 413 g/mol. The van der Waals surface area contributed by atoms with Gasteiger partial charge in [0.05, 0.1) is 13.2 Å². The lowest BCUT2D eigenvalue weighted by molar-refractivity contribution is -0.145. The maximum atomic E-state index is 12.2. The van der Waals surface area contributed by atoms with Crippen molar-refractivity contribution in [1.29, 1.82) is 0 Å². The number of carbonyl (C=O) groups is 3. The van der Waals surface area contributed by atoms with Gasteiger partial charge in [-0.3, -0.25) is 14.4 Å². The molecular formula is C22H27N3O5. The number of carbonyl (C=O) groups excluding carboxylic acids is 3. The van der Waals surface area contributed by atoms with Crippen LogP contribution >= 0.6 is 0 Å². The molecule has 160 valence electrons. The van der Waals surface area contributed by atoms with E-state index in [0.717, 1.165) is 11.1 Å². The summed E-state index contributed by atoms with van der Waals surface area (Å²) in [5.41, 5.74) is 13.0. The van der Waals surface area contributed by atoms with E-state index in [1.165, 1.54) is 0 Å². The van der Waals surface area contributed by atoms with Crippen molar-refractivity contribution in [1.82, 2.24) is 5.32 Å². The van der Waals surface area contributed by atoms with Gasteiger partial charge >= 0.3 is 5.97 Å². The zero-order valence-corrected chi connectivity index (χ0v) is 16.7. The topological polar surface area (TPSA) is 134 Å². The van der Waals surface area contributed by atoms with E-state index in [-0.39, 0.29) is 26.1 Å². The standard InChI is InChI=1S/C22H27N3O5/c23-18(15-29-13-16-7-3-1-4-8-16)22(28)25-19(21(24)27)11-12-20(26)30-14-17-9-5-2-6-10-17/h1-10,18-19H,11-15,23H2,(H2,24,27)(H,25,28)/t18-,19+/m0/s1. The van der Waals surface area contributed by atoms with Gasteiger partial charge in [0.25, 0.3) is 0 Å². The van der Waals surface area contributed by atoms with Crippen LogP contribution in [0.1, 0.15) is 24.0 Å². The molecule has 8 nitrogen and oxygen atoms in total. The van der Waals surface area contributed by atoms with Crippen LogP contribution in [0.5, 0.6) is 0 Å². The Hall–Kier alpha value is -3.23. The number of ether oxygens (including phenoxy) is 2. The third-order valence-electron chi connectivity index (χ3n) is 4.29. The third-order valence-corrected chi connectivity index (χ3v) is 4.29. The lowest BCUT2D eigenvalue weighted by atomic mass is 10.1. The zero-order valence-electron chi connectivity index (χ0n) is 16.7. The van der Waals surface area contributed by atoms with Crippen LogP contribution in [0.3, 0.4) is 0 Å². The molecule has 0 saturated heterocycles. The molecule has 2 amide bonds. The number of benzene rings is 2. The molecule has 0 aliphatic carbocycles. The Bertz CT molecular complexity index is 814. The van der Waals surface area contributed by atoms with Crippen molar-refractivity contribution in [2.45, 2.75) is 38.1 Å². The van der Waals surface area contributed by atoms with E-state index in [0.29, 0.717) is 6.61 Å². The van der Waals surface area contributed by atoms with Gasteiger partial charge in [0.2, 0.25) is 11.8 Å². The maximum Gasteiger partial charge on any atom is 0.306 e. The molecule has 0 bridgehead atoms. The number of amides is 2. The lowest BCUT2D eigenvalue weighted by Crippen LogP contribution is -2.51. The fourth-order valence-electron chi connectivity index (χ4n) is 2.59. The highest BCUT2D eigenvalue weighted by molar-refractivity contribution is 5.89. The van der Waals surface area contributed by atoms with E-state index >= 15 is 0 Å². The van der Waals surface area contributed by atoms with Crippen LogP contribution in [0.15, 0.2) is 60.7 Å². The molecule has 2 rings (SSSR count). The molecule has 2 atom stereocenters. The minimum Gasteiger partial charge on any atom is -0.461 e. The smallest absolute Gasteiger partial charge is 0.306 e. The molecule has 2 aromatic rings. The van der Waals surface area contributed by atoms with Crippen molar-refractivity contribution >= 4 is 17.8 Å². The molecule has 0 unspecified atom stereocenters. The first-order valence-corrected chi connectivity index (χ1v) is 9.62. The SMILES string of the molecule is NC(=O)[C@@H](CCC(=O)OCc1ccccc1)NC(=O)[C@@H](N)COCc1ccccc1. The highest BCUT2D eigenvalue weighted by Crippen LogP contribution is 2.05. The van der Waals surface area contributed by atoms with Crippen LogP contribution in [0.25, 0.3) is 0 Å². The van der Waals surface area contributed by atoms with Crippen LogP contribution < -0.4 is 16.8 Å². The van der Waals surface area contributed by atoms with Gasteiger partial charge in [-0.1, -0.05) is 60.7 Å². The van der Waals surface area contributed by atoms with Gasteiger partial charge in [-0.25, -0.2) is 0 Å². The predicted molar refractivity (Wildman–Crippen MR) is 111 cm³/mol. The predicted octanol–water partition coefficient (Wildman–Crippen LogP) is 1.02. The minimum atomic E-state index is -1.03. The summed E-state index contributed by atoms with van der Waals surface area (Å²) in [5, 5.41) is 2.47. The van der Waals surface area contributed by atoms with Gasteiger partial charge in [-0.15, -0.1) is 0 Å². The van der Waals surface area contributed by atoms with E-state index in [9.17, 15) is 14.4 Å². The molecule has 8 heteroatoms. The Labute approximate surface area is 175 Å². The van der Waals surface area contributed by atoms with Crippen LogP contribution in [-0.4, -0.2) is 36.5 Å². The van der Waals surface area contributed by atoms with Crippen molar-refractivity contribution in [3.8, 4) is 0 Å². The van der Waals surface area contributed by atoms with Crippen molar-refractivity contribution < 1.29 is 23.9 Å². The van der Waals surface area contributed by atoms with Crippen molar-refractivity contribution in [3.05, 3.63) is 71.8 Å². The molecule has 0 heterocycles. The minimum absolute atomic E-state index is 0.0201. The highest BCUT2D eigenvalue weighted by Gasteiger charge is 2.23. The third kappa shape index (κ3) is 8.42. The second-order valence-electron chi connectivity index (χ2n) is 6.76. The van der Waals surface area contributed by atoms with E-state index in [1.807, 2.05) is 60.7 Å². The van der Waals surface area contributed by atoms with Gasteiger partial charge in [0.15, 0.2) is 0 Å². The average molecular weight is 413 g/mol. The summed E-state index contributed by atoms with van der Waals surface area (Å²) in [7, 11) is 0. The van der Waals surface area contributed by atoms with Gasteiger partial charge in [0, 0.05) is 6.42 Å². The van der Waals surface area contributed by atoms with E-state index in [2.05, 4.69) is 5.32 Å².